The summed E-state index contributed by atoms with van der Waals surface area (Å²) < 4.78 is 1.89. The first-order valence-electron chi connectivity index (χ1n) is 6.51. The van der Waals surface area contributed by atoms with Crippen LogP contribution in [0.2, 0.25) is 5.02 Å². The Morgan fingerprint density at radius 2 is 2.20 bits per heavy atom. The molecule has 1 heterocycles. The molecule has 1 aromatic heterocycles. The first kappa shape index (κ1) is 14.8. The standard InChI is InChI=1S/C14H17ClN2O3/c1-3-8(2)17-11-5-4-9(15)6-10(11)16-14(17)12(18)7-13(19)20/h4-6,8,12,18H,3,7H2,1-2H3,(H,19,20)/t8-,12+/m1/s1. The quantitative estimate of drug-likeness (QED) is 0.888. The van der Waals surface area contributed by atoms with E-state index >= 15 is 0 Å². The van der Waals surface area contributed by atoms with Crippen molar-refractivity contribution in [1.82, 2.24) is 9.55 Å². The van der Waals surface area contributed by atoms with Gasteiger partial charge in [-0.2, -0.15) is 0 Å². The number of halogens is 1. The van der Waals surface area contributed by atoms with Crippen molar-refractivity contribution in [3.8, 4) is 0 Å². The zero-order chi connectivity index (χ0) is 14.9. The van der Waals surface area contributed by atoms with Crippen LogP contribution < -0.4 is 0 Å². The highest BCUT2D eigenvalue weighted by atomic mass is 35.5. The molecule has 0 aliphatic heterocycles. The number of aliphatic hydroxyl groups is 1. The van der Waals surface area contributed by atoms with E-state index in [4.69, 9.17) is 16.7 Å². The fraction of sp³-hybridized carbons (Fsp3) is 0.429. The van der Waals surface area contributed by atoms with E-state index in [-0.39, 0.29) is 12.5 Å². The summed E-state index contributed by atoms with van der Waals surface area (Å²) in [4.78, 5) is 15.1. The van der Waals surface area contributed by atoms with Gasteiger partial charge in [0, 0.05) is 11.1 Å². The topological polar surface area (TPSA) is 75.4 Å². The Kier molecular flexibility index (Phi) is 4.30. The number of hydrogen-bond acceptors (Lipinski definition) is 3. The maximum Gasteiger partial charge on any atom is 0.306 e. The molecule has 0 spiro atoms. The lowest BCUT2D eigenvalue weighted by Gasteiger charge is -2.18. The molecule has 2 atom stereocenters. The number of aliphatic carboxylic acids is 1. The second-order valence-corrected chi connectivity index (χ2v) is 5.28. The lowest BCUT2D eigenvalue weighted by atomic mass is 10.2. The molecule has 0 radical (unpaired) electrons. The summed E-state index contributed by atoms with van der Waals surface area (Å²) >= 11 is 5.95. The number of carbonyl (C=O) groups is 1. The average molecular weight is 297 g/mol. The minimum Gasteiger partial charge on any atom is -0.481 e. The number of fused-ring (bicyclic) bond motifs is 1. The zero-order valence-electron chi connectivity index (χ0n) is 11.4. The van der Waals surface area contributed by atoms with Crippen LogP contribution in [-0.4, -0.2) is 25.7 Å². The van der Waals surface area contributed by atoms with E-state index in [9.17, 15) is 9.90 Å². The number of carboxylic acid groups (broad SMARTS) is 1. The van der Waals surface area contributed by atoms with E-state index in [0.29, 0.717) is 16.4 Å². The molecule has 0 aliphatic carbocycles. The van der Waals surface area contributed by atoms with Gasteiger partial charge in [-0.1, -0.05) is 18.5 Å². The number of imidazole rings is 1. The van der Waals surface area contributed by atoms with Gasteiger partial charge in [0.1, 0.15) is 11.9 Å². The van der Waals surface area contributed by atoms with E-state index in [0.717, 1.165) is 11.9 Å². The molecule has 0 saturated carbocycles. The number of carboxylic acids is 1. The number of aromatic nitrogens is 2. The lowest BCUT2D eigenvalue weighted by Crippen LogP contribution is -2.15. The molecular weight excluding hydrogens is 280 g/mol. The predicted octanol–water partition coefficient (Wildman–Crippen LogP) is 3.17. The average Bonchev–Trinajstić information content (AvgIpc) is 2.75. The molecule has 0 amide bonds. The number of nitrogens with zero attached hydrogens (tertiary/aromatic N) is 2. The number of hydrogen-bond donors (Lipinski definition) is 2. The van der Waals surface area contributed by atoms with Crippen LogP contribution in [0, 0.1) is 0 Å². The molecule has 1 aromatic carbocycles. The highest BCUT2D eigenvalue weighted by molar-refractivity contribution is 6.31. The van der Waals surface area contributed by atoms with Crippen molar-refractivity contribution in [3.63, 3.8) is 0 Å². The summed E-state index contributed by atoms with van der Waals surface area (Å²) in [5, 5.41) is 19.5. The van der Waals surface area contributed by atoms with Crippen molar-refractivity contribution in [2.75, 3.05) is 0 Å². The van der Waals surface area contributed by atoms with Crippen molar-refractivity contribution in [2.45, 2.75) is 38.8 Å². The van der Waals surface area contributed by atoms with Crippen LogP contribution in [0.3, 0.4) is 0 Å². The number of aliphatic hydroxyl groups excluding tert-OH is 1. The van der Waals surface area contributed by atoms with Gasteiger partial charge in [-0.15, -0.1) is 0 Å². The smallest absolute Gasteiger partial charge is 0.306 e. The first-order valence-corrected chi connectivity index (χ1v) is 6.89. The van der Waals surface area contributed by atoms with Crippen LogP contribution in [0.5, 0.6) is 0 Å². The molecule has 0 aliphatic rings. The molecule has 0 fully saturated rings. The van der Waals surface area contributed by atoms with Crippen LogP contribution >= 0.6 is 11.6 Å². The van der Waals surface area contributed by atoms with E-state index in [1.165, 1.54) is 0 Å². The van der Waals surface area contributed by atoms with Crippen molar-refractivity contribution in [3.05, 3.63) is 29.0 Å². The van der Waals surface area contributed by atoms with Crippen LogP contribution in [0.15, 0.2) is 18.2 Å². The van der Waals surface area contributed by atoms with Crippen molar-refractivity contribution in [1.29, 1.82) is 0 Å². The molecule has 0 bridgehead atoms. The lowest BCUT2D eigenvalue weighted by molar-refractivity contribution is -0.139. The Labute approximate surface area is 121 Å². The van der Waals surface area contributed by atoms with E-state index in [1.54, 1.807) is 12.1 Å². The van der Waals surface area contributed by atoms with Gasteiger partial charge in [-0.25, -0.2) is 4.98 Å². The molecule has 5 nitrogen and oxygen atoms in total. The third-order valence-corrected chi connectivity index (χ3v) is 3.61. The summed E-state index contributed by atoms with van der Waals surface area (Å²) in [6.45, 7) is 4.03. The monoisotopic (exact) mass is 296 g/mol. The molecule has 2 aromatic rings. The van der Waals surface area contributed by atoms with Crippen LogP contribution in [0.4, 0.5) is 0 Å². The third kappa shape index (κ3) is 2.78. The van der Waals surface area contributed by atoms with Gasteiger partial charge in [-0.3, -0.25) is 4.79 Å². The Bertz CT molecular complexity index is 639. The Balaban J connectivity index is 2.59. The van der Waals surface area contributed by atoms with Crippen molar-refractivity contribution < 1.29 is 15.0 Å². The van der Waals surface area contributed by atoms with E-state index in [2.05, 4.69) is 4.98 Å². The van der Waals surface area contributed by atoms with Gasteiger partial charge in [0.15, 0.2) is 0 Å². The Morgan fingerprint density at radius 1 is 1.50 bits per heavy atom. The number of rotatable bonds is 5. The predicted molar refractivity (Wildman–Crippen MR) is 77.0 cm³/mol. The highest BCUT2D eigenvalue weighted by Crippen LogP contribution is 2.29. The Hall–Kier alpha value is -1.59. The van der Waals surface area contributed by atoms with Crippen molar-refractivity contribution in [2.24, 2.45) is 0 Å². The van der Waals surface area contributed by atoms with Gasteiger partial charge in [0.2, 0.25) is 0 Å². The maximum absolute atomic E-state index is 10.8. The van der Waals surface area contributed by atoms with Crippen LogP contribution in [0.25, 0.3) is 11.0 Å². The second-order valence-electron chi connectivity index (χ2n) is 4.84. The van der Waals surface area contributed by atoms with Gasteiger partial charge in [-0.05, 0) is 31.5 Å². The van der Waals surface area contributed by atoms with Gasteiger partial charge >= 0.3 is 5.97 Å². The molecular formula is C14H17ClN2O3. The normalized spacial score (nSPS) is 14.4. The minimum absolute atomic E-state index is 0.111. The van der Waals surface area contributed by atoms with Gasteiger partial charge < -0.3 is 14.8 Å². The fourth-order valence-corrected chi connectivity index (χ4v) is 2.39. The summed E-state index contributed by atoms with van der Waals surface area (Å²) in [5.41, 5.74) is 1.51. The second kappa shape index (κ2) is 5.81. The fourth-order valence-electron chi connectivity index (χ4n) is 2.23. The van der Waals surface area contributed by atoms with Gasteiger partial charge in [0.25, 0.3) is 0 Å². The number of benzene rings is 1. The molecule has 20 heavy (non-hydrogen) atoms. The first-order chi connectivity index (χ1) is 9.43. The van der Waals surface area contributed by atoms with Gasteiger partial charge in [0.05, 0.1) is 17.5 Å². The van der Waals surface area contributed by atoms with E-state index in [1.807, 2.05) is 24.5 Å². The largest absolute Gasteiger partial charge is 0.481 e. The summed E-state index contributed by atoms with van der Waals surface area (Å²) in [6.07, 6.45) is -0.651. The van der Waals surface area contributed by atoms with E-state index < -0.39 is 12.1 Å². The van der Waals surface area contributed by atoms with Crippen molar-refractivity contribution >= 4 is 28.6 Å². The molecule has 2 rings (SSSR count). The summed E-state index contributed by atoms with van der Waals surface area (Å²) in [7, 11) is 0. The minimum atomic E-state index is -1.13. The third-order valence-electron chi connectivity index (χ3n) is 3.38. The molecule has 108 valence electrons. The zero-order valence-corrected chi connectivity index (χ0v) is 12.1. The Morgan fingerprint density at radius 3 is 2.80 bits per heavy atom. The molecule has 2 N–H and O–H groups in total. The SMILES string of the molecule is CC[C@@H](C)n1c([C@@H](O)CC(=O)O)nc2cc(Cl)ccc21. The summed E-state index contributed by atoms with van der Waals surface area (Å²) in [5.74, 6) is -0.683. The molecule has 0 saturated heterocycles. The molecule has 0 unspecified atom stereocenters. The molecule has 6 heteroatoms. The highest BCUT2D eigenvalue weighted by Gasteiger charge is 2.22. The van der Waals surface area contributed by atoms with Crippen LogP contribution in [-0.2, 0) is 4.79 Å². The van der Waals surface area contributed by atoms with Crippen LogP contribution in [0.1, 0.15) is 44.7 Å². The maximum atomic E-state index is 10.8. The summed E-state index contributed by atoms with van der Waals surface area (Å²) in [6, 6.07) is 5.43.